The van der Waals surface area contributed by atoms with Crippen LogP contribution in [0.2, 0.25) is 0 Å². The summed E-state index contributed by atoms with van der Waals surface area (Å²) in [5.41, 5.74) is -0.0782. The Kier molecular flexibility index (Phi) is 4.10. The highest BCUT2D eigenvalue weighted by Gasteiger charge is 2.27. The molecule has 0 spiro atoms. The number of hydrogen-bond acceptors (Lipinski definition) is 5. The van der Waals surface area contributed by atoms with E-state index in [1.165, 1.54) is 12.5 Å². The molecule has 0 radical (unpaired) electrons. The van der Waals surface area contributed by atoms with Crippen LogP contribution < -0.4 is 5.32 Å². The summed E-state index contributed by atoms with van der Waals surface area (Å²) in [6, 6.07) is 8.03. The molecular formula is C16H17N3O4. The lowest BCUT2D eigenvalue weighted by Gasteiger charge is -2.23. The largest absolute Gasteiger partial charge is 0.377 e. The fraction of sp³-hybridized carbons (Fsp3) is 0.375. The predicted molar refractivity (Wildman–Crippen MR) is 87.8 cm³/mol. The van der Waals surface area contributed by atoms with Crippen molar-refractivity contribution in [2.75, 3.05) is 5.32 Å². The average Bonchev–Trinajstić information content (AvgIpc) is 2.54. The molecule has 7 heteroatoms. The Morgan fingerprint density at radius 1 is 0.957 bits per heavy atom. The Hall–Kier alpha value is -2.70. The first-order valence-electron chi connectivity index (χ1n) is 7.69. The fourth-order valence-corrected chi connectivity index (χ4v) is 3.27. The van der Waals surface area contributed by atoms with Gasteiger partial charge in [-0.15, -0.1) is 0 Å². The Balaban J connectivity index is 2.14. The maximum absolute atomic E-state index is 11.6. The van der Waals surface area contributed by atoms with Crippen molar-refractivity contribution in [1.82, 2.24) is 0 Å². The molecule has 120 valence electrons. The molecule has 0 atom stereocenters. The zero-order valence-electron chi connectivity index (χ0n) is 12.5. The van der Waals surface area contributed by atoms with Crippen molar-refractivity contribution in [2.45, 2.75) is 38.1 Å². The van der Waals surface area contributed by atoms with Gasteiger partial charge < -0.3 is 5.32 Å². The van der Waals surface area contributed by atoms with Crippen LogP contribution in [0, 0.1) is 20.2 Å². The Morgan fingerprint density at radius 3 is 2.35 bits per heavy atom. The molecule has 1 saturated carbocycles. The minimum Gasteiger partial charge on any atom is -0.377 e. The van der Waals surface area contributed by atoms with E-state index in [0.717, 1.165) is 25.7 Å². The van der Waals surface area contributed by atoms with Crippen molar-refractivity contribution in [1.29, 1.82) is 0 Å². The van der Waals surface area contributed by atoms with Gasteiger partial charge in [0.25, 0.3) is 5.69 Å². The molecular weight excluding hydrogens is 298 g/mol. The molecule has 0 saturated heterocycles. The minimum absolute atomic E-state index is 0.0864. The molecule has 1 N–H and O–H groups in total. The lowest BCUT2D eigenvalue weighted by Crippen LogP contribution is -2.22. The van der Waals surface area contributed by atoms with Crippen molar-refractivity contribution < 1.29 is 9.85 Å². The van der Waals surface area contributed by atoms with Crippen molar-refractivity contribution in [3.63, 3.8) is 0 Å². The number of nitrogens with zero attached hydrogens (tertiary/aromatic N) is 2. The van der Waals surface area contributed by atoms with E-state index in [2.05, 4.69) is 5.32 Å². The summed E-state index contributed by atoms with van der Waals surface area (Å²) in [7, 11) is 0. The van der Waals surface area contributed by atoms with E-state index in [0.29, 0.717) is 11.1 Å². The van der Waals surface area contributed by atoms with E-state index < -0.39 is 9.85 Å². The van der Waals surface area contributed by atoms with E-state index in [1.54, 1.807) is 24.3 Å². The van der Waals surface area contributed by atoms with Crippen LogP contribution in [-0.2, 0) is 0 Å². The molecule has 0 unspecified atom stereocenters. The number of non-ortho nitro benzene ring substituents is 1. The lowest BCUT2D eigenvalue weighted by molar-refractivity contribution is -0.389. The maximum Gasteiger partial charge on any atom is 0.307 e. The SMILES string of the molecule is O=[N+]([O-])c1cccc2ccc(NC3CCCCC3)c([N+](=O)[O-])c12. The summed E-state index contributed by atoms with van der Waals surface area (Å²) < 4.78 is 0. The number of nitrogens with one attached hydrogen (secondary N) is 1. The predicted octanol–water partition coefficient (Wildman–Crippen LogP) is 4.40. The Morgan fingerprint density at radius 2 is 1.70 bits per heavy atom. The molecule has 23 heavy (non-hydrogen) atoms. The van der Waals surface area contributed by atoms with E-state index in [1.807, 2.05) is 0 Å². The minimum atomic E-state index is -0.570. The van der Waals surface area contributed by atoms with Gasteiger partial charge in [0.15, 0.2) is 0 Å². The van der Waals surface area contributed by atoms with Crippen LogP contribution in [0.25, 0.3) is 10.8 Å². The van der Waals surface area contributed by atoms with Crippen molar-refractivity contribution in [3.8, 4) is 0 Å². The van der Waals surface area contributed by atoms with Crippen LogP contribution in [0.4, 0.5) is 17.1 Å². The number of nitro groups is 2. The summed E-state index contributed by atoms with van der Waals surface area (Å²) in [4.78, 5) is 21.8. The summed E-state index contributed by atoms with van der Waals surface area (Å²) in [6.45, 7) is 0. The van der Waals surface area contributed by atoms with E-state index in [9.17, 15) is 20.2 Å². The van der Waals surface area contributed by atoms with Crippen LogP contribution in [0.5, 0.6) is 0 Å². The summed E-state index contributed by atoms with van der Waals surface area (Å²) in [5, 5.41) is 26.7. The second kappa shape index (κ2) is 6.20. The first kappa shape index (κ1) is 15.2. The molecule has 7 nitrogen and oxygen atoms in total. The van der Waals surface area contributed by atoms with Gasteiger partial charge in [-0.05, 0) is 24.3 Å². The third kappa shape index (κ3) is 2.94. The number of hydrogen-bond donors (Lipinski definition) is 1. The molecule has 2 aromatic rings. The highest BCUT2D eigenvalue weighted by molar-refractivity contribution is 6.02. The monoisotopic (exact) mass is 315 g/mol. The summed E-state index contributed by atoms with van der Waals surface area (Å²) in [6.07, 6.45) is 5.31. The van der Waals surface area contributed by atoms with E-state index in [-0.39, 0.29) is 22.8 Å². The van der Waals surface area contributed by atoms with Crippen molar-refractivity contribution in [2.24, 2.45) is 0 Å². The first-order chi connectivity index (χ1) is 11.1. The van der Waals surface area contributed by atoms with Crippen LogP contribution in [0.15, 0.2) is 30.3 Å². The standard InChI is InChI=1S/C16H17N3O4/c20-18(21)14-8-4-5-11-9-10-13(16(15(11)14)19(22)23)17-12-6-2-1-3-7-12/h4-5,8-10,12,17H,1-3,6-7H2. The second-order valence-corrected chi connectivity index (χ2v) is 5.83. The van der Waals surface area contributed by atoms with Gasteiger partial charge in [0.2, 0.25) is 0 Å². The van der Waals surface area contributed by atoms with Crippen LogP contribution in [0.1, 0.15) is 32.1 Å². The van der Waals surface area contributed by atoms with Gasteiger partial charge in [-0.25, -0.2) is 0 Å². The van der Waals surface area contributed by atoms with Gasteiger partial charge in [0, 0.05) is 12.1 Å². The summed E-state index contributed by atoms with van der Waals surface area (Å²) >= 11 is 0. The quantitative estimate of drug-likeness (QED) is 0.666. The van der Waals surface area contributed by atoms with E-state index >= 15 is 0 Å². The fourth-order valence-electron chi connectivity index (χ4n) is 3.27. The topological polar surface area (TPSA) is 98.3 Å². The molecule has 1 aliphatic rings. The highest BCUT2D eigenvalue weighted by Crippen LogP contribution is 2.39. The van der Waals surface area contributed by atoms with Gasteiger partial charge in [-0.2, -0.15) is 0 Å². The zero-order chi connectivity index (χ0) is 16.4. The van der Waals surface area contributed by atoms with Gasteiger partial charge >= 0.3 is 5.69 Å². The molecule has 1 fully saturated rings. The molecule has 3 rings (SSSR count). The van der Waals surface area contributed by atoms with Gasteiger partial charge in [-0.3, -0.25) is 20.2 Å². The number of anilines is 1. The van der Waals surface area contributed by atoms with E-state index in [4.69, 9.17) is 0 Å². The smallest absolute Gasteiger partial charge is 0.307 e. The molecule has 0 aromatic heterocycles. The van der Waals surface area contributed by atoms with Gasteiger partial charge in [-0.1, -0.05) is 37.5 Å². The number of benzene rings is 2. The molecule has 0 bridgehead atoms. The lowest BCUT2D eigenvalue weighted by atomic mass is 9.95. The van der Waals surface area contributed by atoms with Gasteiger partial charge in [0.1, 0.15) is 11.1 Å². The second-order valence-electron chi connectivity index (χ2n) is 5.83. The third-order valence-corrected chi connectivity index (χ3v) is 4.34. The molecule has 2 aromatic carbocycles. The number of rotatable bonds is 4. The number of nitro benzene ring substituents is 2. The summed E-state index contributed by atoms with van der Waals surface area (Å²) in [5.74, 6) is 0. The van der Waals surface area contributed by atoms with Crippen LogP contribution >= 0.6 is 0 Å². The molecule has 1 aliphatic carbocycles. The van der Waals surface area contributed by atoms with Crippen molar-refractivity contribution >= 4 is 27.8 Å². The third-order valence-electron chi connectivity index (χ3n) is 4.34. The highest BCUT2D eigenvalue weighted by atomic mass is 16.6. The molecule has 0 amide bonds. The Labute approximate surface area is 132 Å². The first-order valence-corrected chi connectivity index (χ1v) is 7.69. The zero-order valence-corrected chi connectivity index (χ0v) is 12.5. The average molecular weight is 315 g/mol. The Bertz CT molecular complexity index is 769. The van der Waals surface area contributed by atoms with Crippen molar-refractivity contribution in [3.05, 3.63) is 50.6 Å². The van der Waals surface area contributed by atoms with Crippen LogP contribution in [-0.4, -0.2) is 15.9 Å². The molecule has 0 aliphatic heterocycles. The number of fused-ring (bicyclic) bond motifs is 1. The molecule has 0 heterocycles. The van der Waals surface area contributed by atoms with Crippen LogP contribution in [0.3, 0.4) is 0 Å². The van der Waals surface area contributed by atoms with Gasteiger partial charge in [0.05, 0.1) is 9.85 Å². The normalized spacial score (nSPS) is 15.5. The maximum atomic E-state index is 11.6.